The van der Waals surface area contributed by atoms with Crippen LogP contribution in [0.2, 0.25) is 0 Å². The van der Waals surface area contributed by atoms with Crippen LogP contribution in [0.3, 0.4) is 0 Å². The van der Waals surface area contributed by atoms with E-state index in [-0.39, 0.29) is 18.0 Å². The zero-order valence-electron chi connectivity index (χ0n) is 10.5. The second-order valence-corrected chi connectivity index (χ2v) is 7.11. The molecule has 3 nitrogen and oxygen atoms in total. The van der Waals surface area contributed by atoms with Crippen molar-refractivity contribution in [3.63, 3.8) is 0 Å². The summed E-state index contributed by atoms with van der Waals surface area (Å²) in [7, 11) is -2.72. The number of alkyl halides is 1. The Kier molecular flexibility index (Phi) is 6.04. The summed E-state index contributed by atoms with van der Waals surface area (Å²) in [4.78, 5) is -0.674. The highest BCUT2D eigenvalue weighted by Gasteiger charge is 2.26. The van der Waals surface area contributed by atoms with Crippen molar-refractivity contribution in [1.82, 2.24) is 4.31 Å². The Balaban J connectivity index is 3.24. The Labute approximate surface area is 121 Å². The van der Waals surface area contributed by atoms with Gasteiger partial charge >= 0.3 is 0 Å². The van der Waals surface area contributed by atoms with Gasteiger partial charge in [0.1, 0.15) is 4.90 Å². The van der Waals surface area contributed by atoms with Crippen LogP contribution >= 0.6 is 23.4 Å². The first-order chi connectivity index (χ1) is 8.84. The summed E-state index contributed by atoms with van der Waals surface area (Å²) in [5.41, 5.74) is 0.220. The van der Waals surface area contributed by atoms with Crippen molar-refractivity contribution in [2.24, 2.45) is 0 Å². The minimum absolute atomic E-state index is 0.0890. The number of hydrogen-bond donors (Lipinski definition) is 0. The van der Waals surface area contributed by atoms with Crippen LogP contribution in [0.1, 0.15) is 5.56 Å². The van der Waals surface area contributed by atoms with E-state index >= 15 is 0 Å². The van der Waals surface area contributed by atoms with Crippen molar-refractivity contribution >= 4 is 33.4 Å². The van der Waals surface area contributed by atoms with E-state index in [0.717, 1.165) is 16.4 Å². The van der Waals surface area contributed by atoms with Gasteiger partial charge in [0.15, 0.2) is 11.6 Å². The van der Waals surface area contributed by atoms with Gasteiger partial charge in [-0.3, -0.25) is 0 Å². The zero-order valence-corrected chi connectivity index (χ0v) is 12.9. The highest BCUT2D eigenvalue weighted by atomic mass is 35.5. The number of sulfonamides is 1. The quantitative estimate of drug-likeness (QED) is 0.753. The minimum Gasteiger partial charge on any atom is -0.207 e. The molecule has 0 unspecified atom stereocenters. The van der Waals surface area contributed by atoms with E-state index in [0.29, 0.717) is 5.75 Å². The van der Waals surface area contributed by atoms with Gasteiger partial charge in [0.25, 0.3) is 0 Å². The SMILES string of the molecule is CSCCN(C)S(=O)(=O)c1cc(CCl)cc(F)c1F. The molecule has 0 atom stereocenters. The molecule has 0 aliphatic heterocycles. The van der Waals surface area contributed by atoms with Gasteiger partial charge in [-0.25, -0.2) is 21.5 Å². The smallest absolute Gasteiger partial charge is 0.207 e. The molecule has 0 fully saturated rings. The van der Waals surface area contributed by atoms with Crippen molar-refractivity contribution in [2.45, 2.75) is 10.8 Å². The molecule has 0 bridgehead atoms. The standard InChI is InChI=1S/C11H14ClF2NO2S2/c1-15(3-4-18-2)19(16,17)10-6-8(7-12)5-9(13)11(10)14/h5-6H,3-4,7H2,1-2H3. The van der Waals surface area contributed by atoms with E-state index in [2.05, 4.69) is 0 Å². The van der Waals surface area contributed by atoms with Crippen LogP contribution in [0.15, 0.2) is 17.0 Å². The second kappa shape index (κ2) is 6.88. The van der Waals surface area contributed by atoms with E-state index in [1.54, 1.807) is 0 Å². The molecular formula is C11H14ClF2NO2S2. The Morgan fingerprint density at radius 3 is 2.53 bits per heavy atom. The second-order valence-electron chi connectivity index (χ2n) is 3.84. The van der Waals surface area contributed by atoms with Gasteiger partial charge in [-0.2, -0.15) is 11.8 Å². The lowest BCUT2D eigenvalue weighted by Gasteiger charge is -2.17. The molecule has 1 aromatic rings. The lowest BCUT2D eigenvalue weighted by atomic mass is 10.2. The molecule has 0 N–H and O–H groups in total. The van der Waals surface area contributed by atoms with Gasteiger partial charge in [-0.1, -0.05) is 0 Å². The van der Waals surface area contributed by atoms with E-state index < -0.39 is 26.6 Å². The lowest BCUT2D eigenvalue weighted by Crippen LogP contribution is -2.30. The number of thioether (sulfide) groups is 1. The number of nitrogens with zero attached hydrogens (tertiary/aromatic N) is 1. The maximum atomic E-state index is 13.7. The third-order valence-electron chi connectivity index (χ3n) is 2.51. The number of rotatable bonds is 6. The summed E-state index contributed by atoms with van der Waals surface area (Å²) >= 11 is 7.00. The van der Waals surface area contributed by atoms with E-state index in [9.17, 15) is 17.2 Å². The topological polar surface area (TPSA) is 37.4 Å². The largest absolute Gasteiger partial charge is 0.245 e. The van der Waals surface area contributed by atoms with Crippen molar-refractivity contribution in [2.75, 3.05) is 25.6 Å². The number of benzene rings is 1. The molecule has 0 saturated carbocycles. The molecule has 0 heterocycles. The number of hydrogen-bond acceptors (Lipinski definition) is 3. The average molecular weight is 330 g/mol. The van der Waals surface area contributed by atoms with Crippen molar-refractivity contribution in [1.29, 1.82) is 0 Å². The zero-order chi connectivity index (χ0) is 14.6. The molecule has 0 amide bonds. The fourth-order valence-electron chi connectivity index (χ4n) is 1.39. The first kappa shape index (κ1) is 16.7. The van der Waals surface area contributed by atoms with Crippen LogP contribution in [-0.2, 0) is 15.9 Å². The minimum atomic E-state index is -4.05. The summed E-state index contributed by atoms with van der Waals surface area (Å²) in [6, 6.07) is 1.96. The van der Waals surface area contributed by atoms with Crippen LogP contribution in [0, 0.1) is 11.6 Å². The maximum absolute atomic E-state index is 13.7. The highest BCUT2D eigenvalue weighted by Crippen LogP contribution is 2.23. The average Bonchev–Trinajstić information content (AvgIpc) is 2.38. The van der Waals surface area contributed by atoms with Gasteiger partial charge in [0.05, 0.1) is 0 Å². The molecule has 0 spiro atoms. The fourth-order valence-corrected chi connectivity index (χ4v) is 3.41. The Bertz CT molecular complexity index is 552. The van der Waals surface area contributed by atoms with Crippen LogP contribution in [0.4, 0.5) is 8.78 Å². The van der Waals surface area contributed by atoms with Crippen molar-refractivity contribution in [3.05, 3.63) is 29.3 Å². The molecule has 0 radical (unpaired) electrons. The maximum Gasteiger partial charge on any atom is 0.245 e. The Morgan fingerprint density at radius 1 is 1.37 bits per heavy atom. The molecule has 1 rings (SSSR count). The molecule has 0 saturated heterocycles. The first-order valence-electron chi connectivity index (χ1n) is 5.33. The Hall–Kier alpha value is -0.370. The molecule has 1 aromatic carbocycles. The molecule has 0 aromatic heterocycles. The number of halogens is 3. The van der Waals surface area contributed by atoms with Gasteiger partial charge in [-0.05, 0) is 24.0 Å². The van der Waals surface area contributed by atoms with Gasteiger partial charge in [-0.15, -0.1) is 11.6 Å². The van der Waals surface area contributed by atoms with Crippen molar-refractivity contribution < 1.29 is 17.2 Å². The molecule has 108 valence electrons. The van der Waals surface area contributed by atoms with Gasteiger partial charge < -0.3 is 0 Å². The Morgan fingerprint density at radius 2 is 2.00 bits per heavy atom. The summed E-state index contributed by atoms with van der Waals surface area (Å²) < 4.78 is 52.3. The normalized spacial score (nSPS) is 12.1. The summed E-state index contributed by atoms with van der Waals surface area (Å²) in [5, 5.41) is 0. The first-order valence-corrected chi connectivity index (χ1v) is 8.70. The monoisotopic (exact) mass is 329 g/mol. The van der Waals surface area contributed by atoms with Crippen LogP contribution in [0.5, 0.6) is 0 Å². The highest BCUT2D eigenvalue weighted by molar-refractivity contribution is 7.98. The van der Waals surface area contributed by atoms with Crippen LogP contribution in [-0.4, -0.2) is 38.3 Å². The molecule has 0 aliphatic carbocycles. The molecule has 0 aliphatic rings. The van der Waals surface area contributed by atoms with Crippen LogP contribution in [0.25, 0.3) is 0 Å². The van der Waals surface area contributed by atoms with E-state index in [1.165, 1.54) is 18.8 Å². The van der Waals surface area contributed by atoms with E-state index in [4.69, 9.17) is 11.6 Å². The van der Waals surface area contributed by atoms with E-state index in [1.807, 2.05) is 6.26 Å². The summed E-state index contributed by atoms with van der Waals surface area (Å²) in [5.74, 6) is -2.11. The van der Waals surface area contributed by atoms with Crippen LogP contribution < -0.4 is 0 Å². The fraction of sp³-hybridized carbons (Fsp3) is 0.455. The third-order valence-corrected chi connectivity index (χ3v) is 5.26. The summed E-state index contributed by atoms with van der Waals surface area (Å²) in [6.07, 6.45) is 1.83. The molecular weight excluding hydrogens is 316 g/mol. The molecule has 19 heavy (non-hydrogen) atoms. The predicted octanol–water partition coefficient (Wildman–Crippen LogP) is 2.69. The van der Waals surface area contributed by atoms with Gasteiger partial charge in [0.2, 0.25) is 10.0 Å². The van der Waals surface area contributed by atoms with Crippen molar-refractivity contribution in [3.8, 4) is 0 Å². The third kappa shape index (κ3) is 3.81. The molecule has 8 heteroatoms. The van der Waals surface area contributed by atoms with Gasteiger partial charge in [0, 0.05) is 25.2 Å². The summed E-state index contributed by atoms with van der Waals surface area (Å²) in [6.45, 7) is 0.218. The predicted molar refractivity (Wildman–Crippen MR) is 74.1 cm³/mol. The lowest BCUT2D eigenvalue weighted by molar-refractivity contribution is 0.459.